The van der Waals surface area contributed by atoms with Gasteiger partial charge in [-0.3, -0.25) is 0 Å². The number of anilines is 1. The maximum Gasteiger partial charge on any atom is 0.382 e. The maximum atomic E-state index is 10.7. The summed E-state index contributed by atoms with van der Waals surface area (Å²) in [5, 5.41) is 0. The standard InChI is InChI=1S/C5H7N3O2/c1-10-8-3-2-4(6)7-5(8)9/h2-3H,1H3,(H2,6,7,9). The first-order valence-electron chi connectivity index (χ1n) is 2.63. The summed E-state index contributed by atoms with van der Waals surface area (Å²) in [7, 11) is 1.37. The number of nitrogen functional groups attached to an aromatic ring is 1. The smallest absolute Gasteiger partial charge is 0.382 e. The van der Waals surface area contributed by atoms with Crippen LogP contribution in [0.3, 0.4) is 0 Å². The molecule has 0 atom stereocenters. The van der Waals surface area contributed by atoms with Crippen molar-refractivity contribution in [1.29, 1.82) is 0 Å². The van der Waals surface area contributed by atoms with Crippen molar-refractivity contribution in [3.8, 4) is 0 Å². The average molecular weight is 141 g/mol. The molecule has 0 saturated heterocycles. The molecule has 0 amide bonds. The Morgan fingerprint density at radius 1 is 1.80 bits per heavy atom. The number of hydrogen-bond donors (Lipinski definition) is 1. The number of hydrogen-bond acceptors (Lipinski definition) is 4. The number of rotatable bonds is 1. The summed E-state index contributed by atoms with van der Waals surface area (Å²) in [6.45, 7) is 0. The largest absolute Gasteiger partial charge is 0.413 e. The Kier molecular flexibility index (Phi) is 1.57. The van der Waals surface area contributed by atoms with Crippen molar-refractivity contribution >= 4 is 5.82 Å². The minimum Gasteiger partial charge on any atom is -0.413 e. The molecule has 0 radical (unpaired) electrons. The van der Waals surface area contributed by atoms with Gasteiger partial charge in [0.2, 0.25) is 0 Å². The van der Waals surface area contributed by atoms with Gasteiger partial charge in [0.15, 0.2) is 0 Å². The average Bonchev–Trinajstić information content (AvgIpc) is 1.88. The lowest BCUT2D eigenvalue weighted by molar-refractivity contribution is 0.153. The highest BCUT2D eigenvalue weighted by Gasteiger charge is 1.93. The van der Waals surface area contributed by atoms with Crippen LogP contribution in [0.5, 0.6) is 0 Å². The Labute approximate surface area is 57.0 Å². The van der Waals surface area contributed by atoms with Gasteiger partial charge in [-0.05, 0) is 0 Å². The lowest BCUT2D eigenvalue weighted by Crippen LogP contribution is -2.26. The van der Waals surface area contributed by atoms with Crippen molar-refractivity contribution < 1.29 is 4.84 Å². The zero-order chi connectivity index (χ0) is 7.56. The van der Waals surface area contributed by atoms with Crippen molar-refractivity contribution in [2.45, 2.75) is 0 Å². The van der Waals surface area contributed by atoms with Crippen molar-refractivity contribution in [2.75, 3.05) is 12.8 Å². The van der Waals surface area contributed by atoms with E-state index in [1.165, 1.54) is 19.4 Å². The topological polar surface area (TPSA) is 70.1 Å². The molecule has 5 nitrogen and oxygen atoms in total. The van der Waals surface area contributed by atoms with Crippen LogP contribution in [0, 0.1) is 0 Å². The molecule has 10 heavy (non-hydrogen) atoms. The van der Waals surface area contributed by atoms with E-state index in [1.54, 1.807) is 0 Å². The molecule has 0 aliphatic heterocycles. The lowest BCUT2D eigenvalue weighted by atomic mass is 10.6. The van der Waals surface area contributed by atoms with E-state index in [9.17, 15) is 4.79 Å². The molecule has 0 aliphatic carbocycles. The zero-order valence-corrected chi connectivity index (χ0v) is 5.44. The van der Waals surface area contributed by atoms with Gasteiger partial charge in [-0.25, -0.2) is 4.79 Å². The fourth-order valence-corrected chi connectivity index (χ4v) is 0.544. The molecule has 1 rings (SSSR count). The zero-order valence-electron chi connectivity index (χ0n) is 5.44. The summed E-state index contributed by atoms with van der Waals surface area (Å²) < 4.78 is 0.982. The predicted octanol–water partition coefficient (Wildman–Crippen LogP) is -1.12. The van der Waals surface area contributed by atoms with Gasteiger partial charge in [-0.1, -0.05) is 0 Å². The molecule has 0 bridgehead atoms. The van der Waals surface area contributed by atoms with E-state index in [-0.39, 0.29) is 5.82 Å². The van der Waals surface area contributed by atoms with E-state index in [0.717, 1.165) is 4.73 Å². The molecule has 1 aromatic rings. The Morgan fingerprint density at radius 2 is 2.50 bits per heavy atom. The summed E-state index contributed by atoms with van der Waals surface area (Å²) in [6, 6.07) is 1.48. The monoisotopic (exact) mass is 141 g/mol. The predicted molar refractivity (Wildman–Crippen MR) is 35.4 cm³/mol. The number of nitrogens with zero attached hydrogens (tertiary/aromatic N) is 2. The van der Waals surface area contributed by atoms with Crippen LogP contribution in [0.1, 0.15) is 0 Å². The second-order valence-electron chi connectivity index (χ2n) is 1.64. The summed E-state index contributed by atoms with van der Waals surface area (Å²) in [6.07, 6.45) is 1.41. The van der Waals surface area contributed by atoms with Gasteiger partial charge < -0.3 is 10.6 Å². The van der Waals surface area contributed by atoms with Crippen LogP contribution in [-0.2, 0) is 0 Å². The summed E-state index contributed by atoms with van der Waals surface area (Å²) in [5.41, 5.74) is 4.69. The normalized spacial score (nSPS) is 9.30. The van der Waals surface area contributed by atoms with Crippen molar-refractivity contribution in [3.05, 3.63) is 22.7 Å². The highest BCUT2D eigenvalue weighted by atomic mass is 16.6. The molecule has 0 unspecified atom stereocenters. The van der Waals surface area contributed by atoms with Crippen LogP contribution in [0.4, 0.5) is 5.82 Å². The summed E-state index contributed by atoms with van der Waals surface area (Å²) in [4.78, 5) is 18.7. The Morgan fingerprint density at radius 3 is 3.00 bits per heavy atom. The van der Waals surface area contributed by atoms with Crippen LogP contribution < -0.4 is 16.3 Å². The van der Waals surface area contributed by atoms with Gasteiger partial charge in [0.05, 0.1) is 6.20 Å². The second-order valence-corrected chi connectivity index (χ2v) is 1.64. The van der Waals surface area contributed by atoms with E-state index in [0.29, 0.717) is 0 Å². The summed E-state index contributed by atoms with van der Waals surface area (Å²) >= 11 is 0. The molecule has 0 spiro atoms. The maximum absolute atomic E-state index is 10.7. The molecule has 54 valence electrons. The first-order chi connectivity index (χ1) is 4.74. The van der Waals surface area contributed by atoms with Gasteiger partial charge >= 0.3 is 5.69 Å². The molecule has 5 heteroatoms. The molecule has 0 fully saturated rings. The van der Waals surface area contributed by atoms with Crippen molar-refractivity contribution in [3.63, 3.8) is 0 Å². The minimum atomic E-state index is -0.512. The Hall–Kier alpha value is -1.52. The second kappa shape index (κ2) is 2.38. The molecule has 0 aliphatic rings. The summed E-state index contributed by atoms with van der Waals surface area (Å²) in [5.74, 6) is 0.193. The Balaban J connectivity index is 3.20. The van der Waals surface area contributed by atoms with Gasteiger partial charge in [0, 0.05) is 6.07 Å². The molecule has 1 aromatic heterocycles. The highest BCUT2D eigenvalue weighted by molar-refractivity contribution is 5.23. The van der Waals surface area contributed by atoms with Gasteiger partial charge in [0.1, 0.15) is 12.9 Å². The fourth-order valence-electron chi connectivity index (χ4n) is 0.544. The minimum absolute atomic E-state index is 0.193. The van der Waals surface area contributed by atoms with Gasteiger partial charge in [-0.2, -0.15) is 4.98 Å². The third kappa shape index (κ3) is 1.07. The van der Waals surface area contributed by atoms with E-state index >= 15 is 0 Å². The molecule has 0 saturated carbocycles. The quantitative estimate of drug-likeness (QED) is 0.538. The molecular formula is C5H7N3O2. The van der Waals surface area contributed by atoms with E-state index in [2.05, 4.69) is 9.82 Å². The van der Waals surface area contributed by atoms with E-state index in [4.69, 9.17) is 5.73 Å². The number of nitrogens with two attached hydrogens (primary N) is 1. The van der Waals surface area contributed by atoms with Crippen LogP contribution in [0.15, 0.2) is 17.1 Å². The van der Waals surface area contributed by atoms with E-state index < -0.39 is 5.69 Å². The van der Waals surface area contributed by atoms with Crippen LogP contribution in [-0.4, -0.2) is 16.8 Å². The first-order valence-corrected chi connectivity index (χ1v) is 2.63. The molecule has 2 N–H and O–H groups in total. The third-order valence-corrected chi connectivity index (χ3v) is 0.991. The molecule has 0 aromatic carbocycles. The molecular weight excluding hydrogens is 134 g/mol. The van der Waals surface area contributed by atoms with Gasteiger partial charge in [0.25, 0.3) is 0 Å². The lowest BCUT2D eigenvalue weighted by Gasteiger charge is -1.99. The van der Waals surface area contributed by atoms with Crippen molar-refractivity contribution in [1.82, 2.24) is 9.71 Å². The van der Waals surface area contributed by atoms with Crippen molar-refractivity contribution in [2.24, 2.45) is 0 Å². The van der Waals surface area contributed by atoms with Crippen LogP contribution in [0.2, 0.25) is 0 Å². The van der Waals surface area contributed by atoms with E-state index in [1.807, 2.05) is 0 Å². The van der Waals surface area contributed by atoms with Crippen LogP contribution >= 0.6 is 0 Å². The SMILES string of the molecule is COn1ccc(N)nc1=O. The van der Waals surface area contributed by atoms with Gasteiger partial charge in [-0.15, -0.1) is 4.73 Å². The third-order valence-electron chi connectivity index (χ3n) is 0.991. The highest BCUT2D eigenvalue weighted by Crippen LogP contribution is 1.85. The first kappa shape index (κ1) is 6.60. The fraction of sp³-hybridized carbons (Fsp3) is 0.200. The van der Waals surface area contributed by atoms with Crippen LogP contribution in [0.25, 0.3) is 0 Å². The number of aromatic nitrogens is 2. The molecule has 1 heterocycles. The Bertz CT molecular complexity index is 280.